The Labute approximate surface area is 128 Å². The maximum atomic E-state index is 4.21. The van der Waals surface area contributed by atoms with E-state index in [1.165, 1.54) is 38.9 Å². The van der Waals surface area contributed by atoms with Crippen LogP contribution in [0.15, 0.2) is 17.6 Å². The molecule has 0 unspecified atom stereocenters. The monoisotopic (exact) mass is 366 g/mol. The fraction of sp³-hybridized carbons (Fsp3) is 0.769. The van der Waals surface area contributed by atoms with E-state index in [1.807, 2.05) is 13.1 Å². The molecule has 18 heavy (non-hydrogen) atoms. The second-order valence-corrected chi connectivity index (χ2v) is 4.50. The first kappa shape index (κ1) is 17.7. The molecular weight excluding hydrogens is 339 g/mol. The number of piperidine rings is 1. The third kappa shape index (κ3) is 6.58. The Balaban J connectivity index is 0.00000289. The van der Waals surface area contributed by atoms with Crippen LogP contribution in [0.4, 0.5) is 0 Å². The molecule has 0 aromatic heterocycles. The molecule has 1 heterocycles. The van der Waals surface area contributed by atoms with Gasteiger partial charge in [0.05, 0.1) is 0 Å². The van der Waals surface area contributed by atoms with Crippen molar-refractivity contribution in [3.63, 3.8) is 0 Å². The van der Waals surface area contributed by atoms with Gasteiger partial charge in [-0.25, -0.2) is 0 Å². The van der Waals surface area contributed by atoms with E-state index >= 15 is 0 Å². The topological polar surface area (TPSA) is 39.7 Å². The lowest BCUT2D eigenvalue weighted by Crippen LogP contribution is -2.48. The molecule has 1 aliphatic rings. The summed E-state index contributed by atoms with van der Waals surface area (Å²) in [5, 5.41) is 6.68. The van der Waals surface area contributed by atoms with Crippen LogP contribution in [0.3, 0.4) is 0 Å². The number of nitrogens with zero attached hydrogens (tertiary/aromatic N) is 2. The van der Waals surface area contributed by atoms with Gasteiger partial charge in [0.1, 0.15) is 0 Å². The van der Waals surface area contributed by atoms with Crippen molar-refractivity contribution >= 4 is 29.9 Å². The van der Waals surface area contributed by atoms with Crippen LogP contribution < -0.4 is 10.6 Å². The van der Waals surface area contributed by atoms with Crippen LogP contribution in [-0.2, 0) is 0 Å². The van der Waals surface area contributed by atoms with E-state index in [-0.39, 0.29) is 24.0 Å². The van der Waals surface area contributed by atoms with E-state index in [0.717, 1.165) is 12.5 Å². The van der Waals surface area contributed by atoms with Crippen LogP contribution in [0.25, 0.3) is 0 Å². The Morgan fingerprint density at radius 2 is 2.11 bits per heavy atom. The number of guanidine groups is 1. The van der Waals surface area contributed by atoms with Crippen LogP contribution in [-0.4, -0.2) is 50.1 Å². The van der Waals surface area contributed by atoms with Crippen LogP contribution in [0.2, 0.25) is 0 Å². The van der Waals surface area contributed by atoms with Crippen molar-refractivity contribution in [3.05, 3.63) is 12.7 Å². The Morgan fingerprint density at radius 1 is 1.44 bits per heavy atom. The first-order valence-corrected chi connectivity index (χ1v) is 6.60. The predicted octanol–water partition coefficient (Wildman–Crippen LogP) is 1.83. The third-order valence-electron chi connectivity index (χ3n) is 3.11. The zero-order valence-corrected chi connectivity index (χ0v) is 13.9. The van der Waals surface area contributed by atoms with Crippen molar-refractivity contribution < 1.29 is 0 Å². The van der Waals surface area contributed by atoms with Gasteiger partial charge < -0.3 is 15.5 Å². The molecule has 0 aromatic carbocycles. The highest BCUT2D eigenvalue weighted by Crippen LogP contribution is 2.10. The van der Waals surface area contributed by atoms with Crippen molar-refractivity contribution in [2.24, 2.45) is 4.99 Å². The van der Waals surface area contributed by atoms with Crippen LogP contribution in [0.1, 0.15) is 26.2 Å². The highest BCUT2D eigenvalue weighted by Gasteiger charge is 2.18. The summed E-state index contributed by atoms with van der Waals surface area (Å²) in [6, 6.07) is 0.555. The lowest BCUT2D eigenvalue weighted by atomic mass is 10.1. The summed E-state index contributed by atoms with van der Waals surface area (Å²) in [7, 11) is 1.81. The predicted molar refractivity (Wildman–Crippen MR) is 89.9 cm³/mol. The van der Waals surface area contributed by atoms with E-state index in [2.05, 4.69) is 34.0 Å². The highest BCUT2D eigenvalue weighted by atomic mass is 127. The highest BCUT2D eigenvalue weighted by molar-refractivity contribution is 14.0. The maximum absolute atomic E-state index is 4.21. The molecule has 0 aliphatic carbocycles. The largest absolute Gasteiger partial charge is 0.354 e. The SMILES string of the molecule is C=CCNC(=NC)NC1CCN(CCC)CC1.I. The number of rotatable bonds is 5. The molecule has 0 radical (unpaired) electrons. The zero-order valence-electron chi connectivity index (χ0n) is 11.6. The Bertz CT molecular complexity index is 247. The number of hydrogen-bond acceptors (Lipinski definition) is 2. The van der Waals surface area contributed by atoms with Gasteiger partial charge in [0, 0.05) is 32.7 Å². The molecule has 0 aromatic rings. The fourth-order valence-corrected chi connectivity index (χ4v) is 2.17. The van der Waals surface area contributed by atoms with Gasteiger partial charge in [-0.2, -0.15) is 0 Å². The lowest BCUT2D eigenvalue weighted by Gasteiger charge is -2.32. The second kappa shape index (κ2) is 10.6. The summed E-state index contributed by atoms with van der Waals surface area (Å²) in [4.78, 5) is 6.75. The first-order chi connectivity index (χ1) is 8.30. The van der Waals surface area contributed by atoms with Gasteiger partial charge in [-0.3, -0.25) is 4.99 Å². The Hall–Kier alpha value is -0.300. The fourth-order valence-electron chi connectivity index (χ4n) is 2.17. The van der Waals surface area contributed by atoms with Gasteiger partial charge in [-0.1, -0.05) is 13.0 Å². The maximum Gasteiger partial charge on any atom is 0.191 e. The van der Waals surface area contributed by atoms with Crippen molar-refractivity contribution in [3.8, 4) is 0 Å². The molecule has 4 nitrogen and oxygen atoms in total. The van der Waals surface area contributed by atoms with Crippen LogP contribution in [0.5, 0.6) is 0 Å². The lowest BCUT2D eigenvalue weighted by molar-refractivity contribution is 0.206. The second-order valence-electron chi connectivity index (χ2n) is 4.50. The summed E-state index contributed by atoms with van der Waals surface area (Å²) < 4.78 is 0. The number of halogens is 1. The van der Waals surface area contributed by atoms with E-state index in [1.54, 1.807) is 0 Å². The number of hydrogen-bond donors (Lipinski definition) is 2. The molecular formula is C13H27IN4. The van der Waals surface area contributed by atoms with Crippen LogP contribution >= 0.6 is 24.0 Å². The molecule has 1 saturated heterocycles. The summed E-state index contributed by atoms with van der Waals surface area (Å²) in [6.07, 6.45) is 5.50. The van der Waals surface area contributed by atoms with Gasteiger partial charge in [-0.05, 0) is 25.8 Å². The summed E-state index contributed by atoms with van der Waals surface area (Å²) in [5.41, 5.74) is 0. The molecule has 2 N–H and O–H groups in total. The molecule has 0 saturated carbocycles. The zero-order chi connectivity index (χ0) is 12.5. The molecule has 0 bridgehead atoms. The Morgan fingerprint density at radius 3 is 2.61 bits per heavy atom. The third-order valence-corrected chi connectivity index (χ3v) is 3.11. The van der Waals surface area contributed by atoms with Gasteiger partial charge in [0.15, 0.2) is 5.96 Å². The van der Waals surface area contributed by atoms with E-state index in [4.69, 9.17) is 0 Å². The molecule has 5 heteroatoms. The van der Waals surface area contributed by atoms with Crippen molar-refractivity contribution in [2.75, 3.05) is 33.2 Å². The minimum atomic E-state index is 0. The quantitative estimate of drug-likeness (QED) is 0.338. The van der Waals surface area contributed by atoms with Gasteiger partial charge in [0.25, 0.3) is 0 Å². The van der Waals surface area contributed by atoms with Gasteiger partial charge >= 0.3 is 0 Å². The molecule has 0 atom stereocenters. The average Bonchev–Trinajstić information content (AvgIpc) is 2.37. The summed E-state index contributed by atoms with van der Waals surface area (Å²) in [5.74, 6) is 0.888. The van der Waals surface area contributed by atoms with Gasteiger partial charge in [0.2, 0.25) is 0 Å². The molecule has 1 aliphatic heterocycles. The molecule has 106 valence electrons. The average molecular weight is 366 g/mol. The molecule has 1 rings (SSSR count). The summed E-state index contributed by atoms with van der Waals surface area (Å²) >= 11 is 0. The van der Waals surface area contributed by atoms with E-state index < -0.39 is 0 Å². The number of aliphatic imine (C=N–C) groups is 1. The van der Waals surface area contributed by atoms with Crippen LogP contribution in [0, 0.1) is 0 Å². The minimum absolute atomic E-state index is 0. The summed E-state index contributed by atoms with van der Waals surface area (Å²) in [6.45, 7) is 10.3. The standard InChI is InChI=1S/C13H26N4.HI/c1-4-8-15-13(14-3)16-12-6-10-17(9-5-2)11-7-12;/h4,12H,1,5-11H2,2-3H3,(H2,14,15,16);1H. The normalized spacial score (nSPS) is 18.0. The molecule has 0 spiro atoms. The van der Waals surface area contributed by atoms with E-state index in [0.29, 0.717) is 6.04 Å². The van der Waals surface area contributed by atoms with Crippen molar-refractivity contribution in [1.29, 1.82) is 0 Å². The number of nitrogens with one attached hydrogen (secondary N) is 2. The van der Waals surface area contributed by atoms with E-state index in [9.17, 15) is 0 Å². The van der Waals surface area contributed by atoms with Gasteiger partial charge in [-0.15, -0.1) is 30.6 Å². The van der Waals surface area contributed by atoms with Crippen molar-refractivity contribution in [2.45, 2.75) is 32.2 Å². The molecule has 0 amide bonds. The van der Waals surface area contributed by atoms with Crippen molar-refractivity contribution in [1.82, 2.24) is 15.5 Å². The molecule has 1 fully saturated rings. The smallest absolute Gasteiger partial charge is 0.191 e. The minimum Gasteiger partial charge on any atom is -0.354 e. The number of likely N-dealkylation sites (tertiary alicyclic amines) is 1. The Kier molecular flexibility index (Phi) is 10.4. The first-order valence-electron chi connectivity index (χ1n) is 6.60.